The molecule has 2 heterocycles. The minimum Gasteiger partial charge on any atom is -0.496 e. The van der Waals surface area contributed by atoms with Gasteiger partial charge in [0.25, 0.3) is 5.56 Å². The molecule has 0 saturated carbocycles. The van der Waals surface area contributed by atoms with Crippen molar-refractivity contribution in [3.63, 3.8) is 0 Å². The molecule has 0 amide bonds. The monoisotopic (exact) mass is 473 g/mol. The molecule has 1 N–H and O–H groups in total. The lowest BCUT2D eigenvalue weighted by atomic mass is 10.2. The molecule has 4 aromatic rings. The van der Waals surface area contributed by atoms with Crippen LogP contribution in [0.15, 0.2) is 58.5 Å². The summed E-state index contributed by atoms with van der Waals surface area (Å²) in [5.41, 5.74) is 1.43. The first-order valence-electron chi connectivity index (χ1n) is 9.95. The smallest absolute Gasteiger partial charge is 0.263 e. The van der Waals surface area contributed by atoms with Crippen molar-refractivity contribution in [3.8, 4) is 5.75 Å². The van der Waals surface area contributed by atoms with Gasteiger partial charge in [0.1, 0.15) is 5.75 Å². The van der Waals surface area contributed by atoms with Crippen LogP contribution in [0.1, 0.15) is 12.0 Å². The highest BCUT2D eigenvalue weighted by Crippen LogP contribution is 2.24. The molecule has 4 rings (SSSR count). The second kappa shape index (κ2) is 9.31. The first kappa shape index (κ1) is 22.3. The Morgan fingerprint density at radius 1 is 1.09 bits per heavy atom. The van der Waals surface area contributed by atoms with Crippen LogP contribution in [0.3, 0.4) is 0 Å². The van der Waals surface area contributed by atoms with Crippen molar-refractivity contribution >= 4 is 38.5 Å². The molecule has 168 valence electrons. The van der Waals surface area contributed by atoms with E-state index in [4.69, 9.17) is 4.74 Å². The van der Waals surface area contributed by atoms with Gasteiger partial charge in [0.15, 0.2) is 5.16 Å². The lowest BCUT2D eigenvalue weighted by molar-refractivity contribution is 0.408. The first-order valence-corrected chi connectivity index (χ1v) is 12.8. The van der Waals surface area contributed by atoms with Crippen molar-refractivity contribution in [3.05, 3.63) is 64.4 Å². The van der Waals surface area contributed by atoms with Crippen molar-refractivity contribution in [1.82, 2.24) is 23.9 Å². The molecule has 0 radical (unpaired) electrons. The van der Waals surface area contributed by atoms with Crippen LogP contribution < -0.4 is 15.0 Å². The summed E-state index contributed by atoms with van der Waals surface area (Å²) in [4.78, 5) is 13.3. The molecule has 0 unspecified atom stereocenters. The summed E-state index contributed by atoms with van der Waals surface area (Å²) in [5.74, 6) is 1.78. The Balaban J connectivity index is 1.73. The van der Waals surface area contributed by atoms with E-state index in [0.29, 0.717) is 40.8 Å². The van der Waals surface area contributed by atoms with Crippen molar-refractivity contribution in [2.75, 3.05) is 25.7 Å². The summed E-state index contributed by atoms with van der Waals surface area (Å²) in [6.07, 6.45) is 1.77. The van der Waals surface area contributed by atoms with Crippen LogP contribution in [0, 0.1) is 0 Å². The summed E-state index contributed by atoms with van der Waals surface area (Å²) < 4.78 is 33.9. The van der Waals surface area contributed by atoms with Gasteiger partial charge in [0.2, 0.25) is 15.8 Å². The third-order valence-electron chi connectivity index (χ3n) is 4.92. The number of aromatic nitrogens is 4. The minimum atomic E-state index is -3.21. The Bertz CT molecular complexity index is 1430. The van der Waals surface area contributed by atoms with Gasteiger partial charge in [-0.05, 0) is 24.6 Å². The largest absolute Gasteiger partial charge is 0.496 e. The van der Waals surface area contributed by atoms with E-state index in [-0.39, 0.29) is 12.1 Å². The van der Waals surface area contributed by atoms with E-state index in [0.717, 1.165) is 17.3 Å². The number of ether oxygens (including phenoxy) is 1. The highest BCUT2D eigenvalue weighted by atomic mass is 32.2. The SMILES string of the molecule is COc1ccccc1Cn1c(=O)c2ccccc2n2c(SCCCNS(C)(=O)=O)nnc12. The molecule has 32 heavy (non-hydrogen) atoms. The maximum atomic E-state index is 13.3. The summed E-state index contributed by atoms with van der Waals surface area (Å²) in [5, 5.41) is 9.85. The van der Waals surface area contributed by atoms with E-state index < -0.39 is 10.0 Å². The summed E-state index contributed by atoms with van der Waals surface area (Å²) in [6.45, 7) is 0.639. The molecule has 0 bridgehead atoms. The maximum Gasteiger partial charge on any atom is 0.263 e. The minimum absolute atomic E-state index is 0.152. The number of nitrogens with zero attached hydrogens (tertiary/aromatic N) is 4. The van der Waals surface area contributed by atoms with Crippen LogP contribution in [0.4, 0.5) is 0 Å². The molecule has 2 aromatic carbocycles. The van der Waals surface area contributed by atoms with E-state index in [2.05, 4.69) is 14.9 Å². The van der Waals surface area contributed by atoms with Crippen molar-refractivity contribution in [2.45, 2.75) is 18.1 Å². The zero-order chi connectivity index (χ0) is 22.7. The number of benzene rings is 2. The summed E-state index contributed by atoms with van der Waals surface area (Å²) in [7, 11) is -1.61. The number of fused-ring (bicyclic) bond motifs is 3. The normalized spacial score (nSPS) is 11.9. The molecule has 11 heteroatoms. The molecule has 0 spiro atoms. The van der Waals surface area contributed by atoms with Gasteiger partial charge < -0.3 is 4.74 Å². The number of hydrogen-bond acceptors (Lipinski definition) is 7. The second-order valence-corrected chi connectivity index (χ2v) is 10.1. The molecule has 0 atom stereocenters. The van der Waals surface area contributed by atoms with Gasteiger partial charge in [-0.1, -0.05) is 42.1 Å². The zero-order valence-electron chi connectivity index (χ0n) is 17.7. The predicted molar refractivity (Wildman–Crippen MR) is 125 cm³/mol. The molecule has 9 nitrogen and oxygen atoms in total. The number of thioether (sulfide) groups is 1. The number of hydrogen-bond donors (Lipinski definition) is 1. The van der Waals surface area contributed by atoms with Crippen LogP contribution in [0.25, 0.3) is 16.7 Å². The molecule has 0 saturated heterocycles. The van der Waals surface area contributed by atoms with Crippen molar-refractivity contribution < 1.29 is 13.2 Å². The lowest BCUT2D eigenvalue weighted by Crippen LogP contribution is -2.24. The number of para-hydroxylation sites is 2. The fourth-order valence-electron chi connectivity index (χ4n) is 3.47. The molecular weight excluding hydrogens is 450 g/mol. The van der Waals surface area contributed by atoms with Gasteiger partial charge in [-0.15, -0.1) is 10.2 Å². The zero-order valence-corrected chi connectivity index (χ0v) is 19.3. The van der Waals surface area contributed by atoms with Crippen molar-refractivity contribution in [1.29, 1.82) is 0 Å². The van der Waals surface area contributed by atoms with Crippen LogP contribution in [0.5, 0.6) is 5.75 Å². The third kappa shape index (κ3) is 4.64. The standard InChI is InChI=1S/C21H23N5O4S2/c1-30-18-11-6-3-8-15(18)14-25-19(27)16-9-4-5-10-17(16)26-20(25)23-24-21(26)31-13-7-12-22-32(2,28)29/h3-6,8-11,22H,7,12-14H2,1-2H3. The second-order valence-electron chi connectivity index (χ2n) is 7.21. The molecule has 0 aliphatic rings. The summed E-state index contributed by atoms with van der Waals surface area (Å²) >= 11 is 1.46. The number of methoxy groups -OCH3 is 1. The Labute approximate surface area is 189 Å². The molecule has 0 aliphatic heterocycles. The van der Waals surface area contributed by atoms with E-state index >= 15 is 0 Å². The number of nitrogens with one attached hydrogen (secondary N) is 1. The van der Waals surface area contributed by atoms with E-state index in [9.17, 15) is 13.2 Å². The Hall–Kier alpha value is -2.89. The summed E-state index contributed by atoms with van der Waals surface area (Å²) in [6, 6.07) is 14.9. The van der Waals surface area contributed by atoms with E-state index in [1.165, 1.54) is 11.8 Å². The van der Waals surface area contributed by atoms with Gasteiger partial charge >= 0.3 is 0 Å². The van der Waals surface area contributed by atoms with Crippen LogP contribution in [0.2, 0.25) is 0 Å². The fraction of sp³-hybridized carbons (Fsp3) is 0.286. The van der Waals surface area contributed by atoms with Crippen LogP contribution in [-0.4, -0.2) is 53.2 Å². The van der Waals surface area contributed by atoms with Crippen LogP contribution in [-0.2, 0) is 16.6 Å². The number of rotatable bonds is 9. The Kier molecular flexibility index (Phi) is 6.49. The maximum absolute atomic E-state index is 13.3. The molecular formula is C21H23N5O4S2. The topological polar surface area (TPSA) is 108 Å². The van der Waals surface area contributed by atoms with Gasteiger partial charge in [0.05, 0.1) is 30.8 Å². The Morgan fingerprint density at radius 2 is 1.84 bits per heavy atom. The van der Waals surface area contributed by atoms with Gasteiger partial charge in [0, 0.05) is 17.9 Å². The Morgan fingerprint density at radius 3 is 2.62 bits per heavy atom. The fourth-order valence-corrected chi connectivity index (χ4v) is 4.86. The quantitative estimate of drug-likeness (QED) is 0.293. The average Bonchev–Trinajstić information content (AvgIpc) is 3.20. The van der Waals surface area contributed by atoms with E-state index in [1.807, 2.05) is 46.9 Å². The molecule has 0 fully saturated rings. The van der Waals surface area contributed by atoms with Crippen LogP contribution >= 0.6 is 11.8 Å². The van der Waals surface area contributed by atoms with E-state index in [1.54, 1.807) is 17.7 Å². The molecule has 0 aliphatic carbocycles. The first-order chi connectivity index (χ1) is 15.4. The highest BCUT2D eigenvalue weighted by Gasteiger charge is 2.18. The average molecular weight is 474 g/mol. The predicted octanol–water partition coefficient (Wildman–Crippen LogP) is 2.13. The third-order valence-corrected chi connectivity index (χ3v) is 6.66. The number of sulfonamides is 1. The molecule has 2 aromatic heterocycles. The lowest BCUT2D eigenvalue weighted by Gasteiger charge is -2.13. The van der Waals surface area contributed by atoms with Gasteiger partial charge in [-0.3, -0.25) is 13.8 Å². The van der Waals surface area contributed by atoms with Crippen molar-refractivity contribution in [2.24, 2.45) is 0 Å². The van der Waals surface area contributed by atoms with Gasteiger partial charge in [-0.25, -0.2) is 13.1 Å². The van der Waals surface area contributed by atoms with Gasteiger partial charge in [-0.2, -0.15) is 0 Å². The highest BCUT2D eigenvalue weighted by molar-refractivity contribution is 7.99.